The number of aryl methyl sites for hydroxylation is 5. The van der Waals surface area contributed by atoms with Gasteiger partial charge >= 0.3 is 0 Å². The first-order chi connectivity index (χ1) is 15.2. The third-order valence-electron chi connectivity index (χ3n) is 5.51. The van der Waals surface area contributed by atoms with E-state index in [0.717, 1.165) is 28.1 Å². The number of aromatic nitrogens is 3. The Balaban J connectivity index is 1.61. The molecule has 0 bridgehead atoms. The first-order valence-corrected chi connectivity index (χ1v) is 11.3. The summed E-state index contributed by atoms with van der Waals surface area (Å²) in [5.41, 5.74) is 7.10. The Kier molecular flexibility index (Phi) is 5.84. The maximum atomic E-state index is 13.1. The molecule has 0 saturated carbocycles. The van der Waals surface area contributed by atoms with Crippen molar-refractivity contribution >= 4 is 22.9 Å². The molecule has 4 aromatic rings. The Morgan fingerprint density at radius 2 is 1.72 bits per heavy atom. The summed E-state index contributed by atoms with van der Waals surface area (Å²) < 4.78 is 1.43. The van der Waals surface area contributed by atoms with E-state index in [2.05, 4.69) is 15.4 Å². The normalized spacial score (nSPS) is 11.0. The number of amides is 1. The van der Waals surface area contributed by atoms with Crippen LogP contribution in [0.1, 0.15) is 48.9 Å². The van der Waals surface area contributed by atoms with Crippen LogP contribution >= 0.6 is 11.3 Å². The number of carbonyl (C=O) groups is 1. The molecule has 7 heteroatoms. The van der Waals surface area contributed by atoms with Crippen molar-refractivity contribution in [1.29, 1.82) is 0 Å². The predicted molar refractivity (Wildman–Crippen MR) is 129 cm³/mol. The van der Waals surface area contributed by atoms with Gasteiger partial charge in [-0.15, -0.1) is 0 Å². The lowest BCUT2D eigenvalue weighted by Gasteiger charge is -2.08. The molecule has 0 fully saturated rings. The molecule has 32 heavy (non-hydrogen) atoms. The second-order valence-corrected chi connectivity index (χ2v) is 9.18. The Hall–Kier alpha value is -3.45. The molecule has 0 aliphatic heterocycles. The van der Waals surface area contributed by atoms with E-state index in [1.165, 1.54) is 21.6 Å². The van der Waals surface area contributed by atoms with Crippen molar-refractivity contribution in [2.24, 2.45) is 0 Å². The summed E-state index contributed by atoms with van der Waals surface area (Å²) in [6, 6.07) is 14.0. The van der Waals surface area contributed by atoms with Crippen LogP contribution in [0.15, 0.2) is 47.3 Å². The number of aromatic amines is 1. The van der Waals surface area contributed by atoms with E-state index >= 15 is 0 Å². The SMILES string of the molecule is Cc1ccc(Cc2c(C)[nH]n(-c3nc(C)c(C(=O)Nc4ccc(C)cc4C)s3)c2=O)cc1. The van der Waals surface area contributed by atoms with Crippen LogP contribution in [0.2, 0.25) is 0 Å². The number of nitrogens with zero attached hydrogens (tertiary/aromatic N) is 2. The average molecular weight is 447 g/mol. The molecule has 1 amide bonds. The minimum absolute atomic E-state index is 0.141. The van der Waals surface area contributed by atoms with E-state index < -0.39 is 0 Å². The van der Waals surface area contributed by atoms with E-state index in [1.54, 1.807) is 6.92 Å². The number of hydrogen-bond donors (Lipinski definition) is 2. The molecule has 6 nitrogen and oxygen atoms in total. The van der Waals surface area contributed by atoms with Crippen molar-refractivity contribution in [3.63, 3.8) is 0 Å². The number of H-pyrrole nitrogens is 1. The first-order valence-electron chi connectivity index (χ1n) is 10.5. The van der Waals surface area contributed by atoms with Gasteiger partial charge in [0.2, 0.25) is 5.13 Å². The highest BCUT2D eigenvalue weighted by atomic mass is 32.1. The number of thiazole rings is 1. The average Bonchev–Trinajstić information content (AvgIpc) is 3.26. The van der Waals surface area contributed by atoms with Gasteiger partial charge in [-0.3, -0.25) is 14.7 Å². The molecule has 2 heterocycles. The number of benzene rings is 2. The van der Waals surface area contributed by atoms with Crippen LogP contribution in [-0.4, -0.2) is 20.7 Å². The topological polar surface area (TPSA) is 79.8 Å². The number of nitrogens with one attached hydrogen (secondary N) is 2. The third kappa shape index (κ3) is 4.29. The summed E-state index contributed by atoms with van der Waals surface area (Å²) in [6.45, 7) is 9.68. The fraction of sp³-hybridized carbons (Fsp3) is 0.240. The van der Waals surface area contributed by atoms with Crippen molar-refractivity contribution in [1.82, 2.24) is 14.8 Å². The molecule has 2 aromatic carbocycles. The molecule has 0 spiro atoms. The maximum absolute atomic E-state index is 13.1. The number of rotatable bonds is 5. The monoisotopic (exact) mass is 446 g/mol. The maximum Gasteiger partial charge on any atom is 0.277 e. The molecule has 0 atom stereocenters. The lowest BCUT2D eigenvalue weighted by molar-refractivity contribution is 0.102. The number of carbonyl (C=O) groups excluding carboxylic acids is 1. The largest absolute Gasteiger partial charge is 0.321 e. The molecule has 0 radical (unpaired) electrons. The second-order valence-electron chi connectivity index (χ2n) is 8.20. The van der Waals surface area contributed by atoms with Crippen molar-refractivity contribution < 1.29 is 4.79 Å². The third-order valence-corrected chi connectivity index (χ3v) is 6.65. The van der Waals surface area contributed by atoms with Crippen molar-refractivity contribution in [3.05, 3.63) is 96.9 Å². The lowest BCUT2D eigenvalue weighted by Crippen LogP contribution is -2.17. The number of hydrogen-bond acceptors (Lipinski definition) is 4. The van der Waals surface area contributed by atoms with Gasteiger partial charge < -0.3 is 5.32 Å². The molecule has 0 unspecified atom stereocenters. The number of anilines is 1. The highest BCUT2D eigenvalue weighted by molar-refractivity contribution is 7.16. The summed E-state index contributed by atoms with van der Waals surface area (Å²) in [4.78, 5) is 31.0. The predicted octanol–water partition coefficient (Wildman–Crippen LogP) is 5.01. The molecule has 2 N–H and O–H groups in total. The van der Waals surface area contributed by atoms with Crippen LogP contribution in [0.4, 0.5) is 5.69 Å². The Morgan fingerprint density at radius 3 is 2.41 bits per heavy atom. The molecule has 0 aliphatic rings. The van der Waals surface area contributed by atoms with Crippen LogP contribution < -0.4 is 10.9 Å². The molecule has 2 aromatic heterocycles. The zero-order chi connectivity index (χ0) is 23.0. The van der Waals surface area contributed by atoms with Crippen molar-refractivity contribution in [2.75, 3.05) is 5.32 Å². The summed E-state index contributed by atoms with van der Waals surface area (Å²) in [5.74, 6) is -0.227. The molecule has 0 aliphatic carbocycles. The summed E-state index contributed by atoms with van der Waals surface area (Å²) in [5, 5.41) is 6.54. The van der Waals surface area contributed by atoms with Gasteiger partial charge in [-0.25, -0.2) is 4.98 Å². The zero-order valence-corrected chi connectivity index (χ0v) is 19.7. The summed E-state index contributed by atoms with van der Waals surface area (Å²) >= 11 is 1.20. The van der Waals surface area contributed by atoms with Gasteiger partial charge in [0.1, 0.15) is 4.88 Å². The minimum Gasteiger partial charge on any atom is -0.321 e. The van der Waals surface area contributed by atoms with Gasteiger partial charge in [0.25, 0.3) is 11.5 Å². The van der Waals surface area contributed by atoms with E-state index in [9.17, 15) is 9.59 Å². The Labute approximate surface area is 190 Å². The first kappa shape index (κ1) is 21.8. The highest BCUT2D eigenvalue weighted by Gasteiger charge is 2.20. The molecular formula is C25H26N4O2S. The Morgan fingerprint density at radius 1 is 1.03 bits per heavy atom. The molecule has 4 rings (SSSR count). The van der Waals surface area contributed by atoms with Crippen LogP contribution in [0.5, 0.6) is 0 Å². The lowest BCUT2D eigenvalue weighted by atomic mass is 10.0. The van der Waals surface area contributed by atoms with E-state index in [-0.39, 0.29) is 11.5 Å². The van der Waals surface area contributed by atoms with Crippen LogP contribution in [0.25, 0.3) is 5.13 Å². The van der Waals surface area contributed by atoms with Gasteiger partial charge in [0.15, 0.2) is 0 Å². The van der Waals surface area contributed by atoms with E-state index in [1.807, 2.05) is 70.2 Å². The smallest absolute Gasteiger partial charge is 0.277 e. The molecule has 164 valence electrons. The molecular weight excluding hydrogens is 420 g/mol. The van der Waals surface area contributed by atoms with Crippen molar-refractivity contribution in [3.8, 4) is 5.13 Å². The Bertz CT molecular complexity index is 1360. The van der Waals surface area contributed by atoms with Gasteiger partial charge in [0, 0.05) is 23.4 Å². The van der Waals surface area contributed by atoms with Gasteiger partial charge in [-0.1, -0.05) is 58.9 Å². The van der Waals surface area contributed by atoms with E-state index in [4.69, 9.17) is 0 Å². The van der Waals surface area contributed by atoms with Gasteiger partial charge in [0.05, 0.1) is 5.69 Å². The van der Waals surface area contributed by atoms with Gasteiger partial charge in [-0.2, -0.15) is 4.68 Å². The standard InChI is InChI=1S/C25H26N4O2S/c1-14-6-9-19(10-7-14)13-20-17(4)28-29(24(20)31)25-26-18(5)22(32-25)23(30)27-21-11-8-15(2)12-16(21)3/h6-12,28H,13H2,1-5H3,(H,27,30). The summed E-state index contributed by atoms with van der Waals surface area (Å²) in [7, 11) is 0. The summed E-state index contributed by atoms with van der Waals surface area (Å²) in [6.07, 6.45) is 0.541. The fourth-order valence-electron chi connectivity index (χ4n) is 3.66. The minimum atomic E-state index is -0.227. The van der Waals surface area contributed by atoms with Crippen LogP contribution in [0.3, 0.4) is 0 Å². The van der Waals surface area contributed by atoms with E-state index in [0.29, 0.717) is 27.7 Å². The quantitative estimate of drug-likeness (QED) is 0.452. The highest BCUT2D eigenvalue weighted by Crippen LogP contribution is 2.24. The molecule has 0 saturated heterocycles. The van der Waals surface area contributed by atoms with Crippen LogP contribution in [0, 0.1) is 34.6 Å². The second kappa shape index (κ2) is 8.59. The zero-order valence-electron chi connectivity index (χ0n) is 18.9. The van der Waals surface area contributed by atoms with Crippen molar-refractivity contribution in [2.45, 2.75) is 41.0 Å². The fourth-order valence-corrected chi connectivity index (χ4v) is 4.58. The van der Waals surface area contributed by atoms with Crippen LogP contribution in [-0.2, 0) is 6.42 Å². The van der Waals surface area contributed by atoms with Gasteiger partial charge in [-0.05, 0) is 51.8 Å².